The van der Waals surface area contributed by atoms with Gasteiger partial charge < -0.3 is 5.32 Å². The molecular weight excluding hydrogens is 263 g/mol. The average Bonchev–Trinajstić information content (AvgIpc) is 2.38. The van der Waals surface area contributed by atoms with Crippen LogP contribution in [0.3, 0.4) is 0 Å². The van der Waals surface area contributed by atoms with Gasteiger partial charge in [0.15, 0.2) is 0 Å². The smallest absolute Gasteiger partial charge is 0.303 e. The van der Waals surface area contributed by atoms with Gasteiger partial charge in [0, 0.05) is 6.04 Å². The monoisotopic (exact) mass is 285 g/mol. The van der Waals surface area contributed by atoms with Gasteiger partial charge in [-0.25, -0.2) is 0 Å². The molecule has 0 aliphatic carbocycles. The van der Waals surface area contributed by atoms with Crippen LogP contribution in [0.25, 0.3) is 0 Å². The molecule has 1 heterocycles. The third kappa shape index (κ3) is 3.98. The molecule has 2 rings (SSSR count). The van der Waals surface area contributed by atoms with E-state index in [4.69, 9.17) is 0 Å². The van der Waals surface area contributed by atoms with E-state index in [2.05, 4.69) is 31.3 Å². The highest BCUT2D eigenvalue weighted by molar-refractivity contribution is 5.25. The SMILES string of the molecule is CC(C)c1ccc(CC2CCCC(C(F)(F)F)N2)cc1. The molecule has 112 valence electrons. The van der Waals surface area contributed by atoms with Crippen molar-refractivity contribution in [2.45, 2.75) is 63.7 Å². The van der Waals surface area contributed by atoms with E-state index in [1.165, 1.54) is 5.56 Å². The number of alkyl halides is 3. The molecule has 0 aromatic heterocycles. The van der Waals surface area contributed by atoms with Crippen LogP contribution >= 0.6 is 0 Å². The highest BCUT2D eigenvalue weighted by atomic mass is 19.4. The zero-order valence-corrected chi connectivity index (χ0v) is 12.0. The molecule has 1 aliphatic rings. The van der Waals surface area contributed by atoms with E-state index in [1.807, 2.05) is 12.1 Å². The molecule has 1 saturated heterocycles. The predicted molar refractivity (Wildman–Crippen MR) is 74.9 cm³/mol. The summed E-state index contributed by atoms with van der Waals surface area (Å²) in [4.78, 5) is 0. The van der Waals surface area contributed by atoms with Gasteiger partial charge in [-0.05, 0) is 42.7 Å². The van der Waals surface area contributed by atoms with Crippen molar-refractivity contribution in [1.82, 2.24) is 5.32 Å². The Kier molecular flexibility index (Phi) is 4.74. The second kappa shape index (κ2) is 6.17. The number of nitrogens with one attached hydrogen (secondary N) is 1. The molecule has 0 bridgehead atoms. The number of benzene rings is 1. The molecule has 20 heavy (non-hydrogen) atoms. The quantitative estimate of drug-likeness (QED) is 0.866. The summed E-state index contributed by atoms with van der Waals surface area (Å²) >= 11 is 0. The summed E-state index contributed by atoms with van der Waals surface area (Å²) in [7, 11) is 0. The maximum Gasteiger partial charge on any atom is 0.403 e. The van der Waals surface area contributed by atoms with Gasteiger partial charge in [-0.15, -0.1) is 0 Å². The Hall–Kier alpha value is -1.03. The van der Waals surface area contributed by atoms with Gasteiger partial charge in [0.2, 0.25) is 0 Å². The average molecular weight is 285 g/mol. The Balaban J connectivity index is 1.96. The number of hydrogen-bond acceptors (Lipinski definition) is 1. The van der Waals surface area contributed by atoms with Crippen LogP contribution in [0.5, 0.6) is 0 Å². The van der Waals surface area contributed by atoms with E-state index >= 15 is 0 Å². The largest absolute Gasteiger partial charge is 0.403 e. The van der Waals surface area contributed by atoms with Crippen LogP contribution in [0, 0.1) is 0 Å². The third-order valence-electron chi connectivity index (χ3n) is 4.01. The van der Waals surface area contributed by atoms with Gasteiger partial charge >= 0.3 is 6.18 Å². The van der Waals surface area contributed by atoms with Gasteiger partial charge in [0.25, 0.3) is 0 Å². The van der Waals surface area contributed by atoms with Crippen molar-refractivity contribution in [3.63, 3.8) is 0 Å². The highest BCUT2D eigenvalue weighted by Gasteiger charge is 2.41. The lowest BCUT2D eigenvalue weighted by molar-refractivity contribution is -0.163. The summed E-state index contributed by atoms with van der Waals surface area (Å²) in [5, 5.41) is 2.75. The normalized spacial score (nSPS) is 24.1. The summed E-state index contributed by atoms with van der Waals surface area (Å²) in [6.45, 7) is 4.26. The van der Waals surface area contributed by atoms with Gasteiger partial charge in [-0.2, -0.15) is 13.2 Å². The van der Waals surface area contributed by atoms with E-state index < -0.39 is 12.2 Å². The molecule has 4 heteroatoms. The lowest BCUT2D eigenvalue weighted by Gasteiger charge is -2.32. The first-order chi connectivity index (χ1) is 9.36. The lowest BCUT2D eigenvalue weighted by atomic mass is 9.92. The zero-order chi connectivity index (χ0) is 14.8. The third-order valence-corrected chi connectivity index (χ3v) is 4.01. The standard InChI is InChI=1S/C16H22F3N/c1-11(2)13-8-6-12(7-9-13)10-14-4-3-5-15(20-14)16(17,18)19/h6-9,11,14-15,20H,3-5,10H2,1-2H3. The van der Waals surface area contributed by atoms with E-state index in [-0.39, 0.29) is 12.5 Å². The molecular formula is C16H22F3N. The van der Waals surface area contributed by atoms with Crippen molar-refractivity contribution in [1.29, 1.82) is 0 Å². The Morgan fingerprint density at radius 3 is 2.35 bits per heavy atom. The fourth-order valence-electron chi connectivity index (χ4n) is 2.76. The second-order valence-electron chi connectivity index (χ2n) is 5.99. The Morgan fingerprint density at radius 1 is 1.15 bits per heavy atom. The number of hydrogen-bond donors (Lipinski definition) is 1. The van der Waals surface area contributed by atoms with Crippen molar-refractivity contribution in [3.05, 3.63) is 35.4 Å². The molecule has 1 N–H and O–H groups in total. The lowest BCUT2D eigenvalue weighted by Crippen LogP contribution is -2.50. The van der Waals surface area contributed by atoms with Crippen LogP contribution in [0.4, 0.5) is 13.2 Å². The minimum Gasteiger partial charge on any atom is -0.303 e. The fourth-order valence-corrected chi connectivity index (χ4v) is 2.76. The molecule has 2 unspecified atom stereocenters. The van der Waals surface area contributed by atoms with Crippen molar-refractivity contribution in [2.24, 2.45) is 0 Å². The number of piperidine rings is 1. The van der Waals surface area contributed by atoms with E-state index in [0.29, 0.717) is 18.8 Å². The second-order valence-corrected chi connectivity index (χ2v) is 5.99. The Morgan fingerprint density at radius 2 is 1.80 bits per heavy atom. The fraction of sp³-hybridized carbons (Fsp3) is 0.625. The Labute approximate surface area is 118 Å². The van der Waals surface area contributed by atoms with Crippen LogP contribution in [0.2, 0.25) is 0 Å². The molecule has 0 radical (unpaired) electrons. The summed E-state index contributed by atoms with van der Waals surface area (Å²) in [5.74, 6) is 0.478. The van der Waals surface area contributed by atoms with Gasteiger partial charge in [0.1, 0.15) is 6.04 Å². The minimum atomic E-state index is -4.12. The molecule has 1 fully saturated rings. The molecule has 0 saturated carbocycles. The maximum absolute atomic E-state index is 12.7. The summed E-state index contributed by atoms with van der Waals surface area (Å²) in [6, 6.07) is 6.81. The van der Waals surface area contributed by atoms with Crippen molar-refractivity contribution >= 4 is 0 Å². The Bertz CT molecular complexity index is 422. The summed E-state index contributed by atoms with van der Waals surface area (Å²) < 4.78 is 38.2. The number of halogens is 3. The summed E-state index contributed by atoms with van der Waals surface area (Å²) in [6.07, 6.45) is -1.79. The molecule has 0 amide bonds. The maximum atomic E-state index is 12.7. The first kappa shape index (κ1) is 15.4. The molecule has 1 aromatic carbocycles. The topological polar surface area (TPSA) is 12.0 Å². The molecule has 1 aromatic rings. The predicted octanol–water partition coefficient (Wildman–Crippen LogP) is 4.43. The van der Waals surface area contributed by atoms with Crippen LogP contribution in [-0.2, 0) is 6.42 Å². The van der Waals surface area contributed by atoms with Crippen LogP contribution in [0.15, 0.2) is 24.3 Å². The van der Waals surface area contributed by atoms with Gasteiger partial charge in [-0.1, -0.05) is 38.1 Å². The molecule has 0 spiro atoms. The minimum absolute atomic E-state index is 0.0692. The van der Waals surface area contributed by atoms with Crippen molar-refractivity contribution < 1.29 is 13.2 Å². The zero-order valence-electron chi connectivity index (χ0n) is 12.0. The highest BCUT2D eigenvalue weighted by Crippen LogP contribution is 2.28. The summed E-state index contributed by atoms with van der Waals surface area (Å²) in [5.41, 5.74) is 2.37. The van der Waals surface area contributed by atoms with E-state index in [0.717, 1.165) is 12.0 Å². The van der Waals surface area contributed by atoms with Crippen molar-refractivity contribution in [3.8, 4) is 0 Å². The first-order valence-corrected chi connectivity index (χ1v) is 7.28. The van der Waals surface area contributed by atoms with Crippen molar-refractivity contribution in [2.75, 3.05) is 0 Å². The number of rotatable bonds is 3. The van der Waals surface area contributed by atoms with Gasteiger partial charge in [0.05, 0.1) is 0 Å². The van der Waals surface area contributed by atoms with Crippen LogP contribution in [0.1, 0.15) is 50.2 Å². The van der Waals surface area contributed by atoms with Crippen LogP contribution in [-0.4, -0.2) is 18.3 Å². The van der Waals surface area contributed by atoms with E-state index in [1.54, 1.807) is 0 Å². The molecule has 1 nitrogen and oxygen atoms in total. The van der Waals surface area contributed by atoms with Gasteiger partial charge in [-0.3, -0.25) is 0 Å². The van der Waals surface area contributed by atoms with Crippen LogP contribution < -0.4 is 5.32 Å². The first-order valence-electron chi connectivity index (χ1n) is 7.28. The molecule has 2 atom stereocenters. The van der Waals surface area contributed by atoms with E-state index in [9.17, 15) is 13.2 Å². The molecule has 1 aliphatic heterocycles.